The van der Waals surface area contributed by atoms with Gasteiger partial charge in [0.2, 0.25) is 0 Å². The van der Waals surface area contributed by atoms with E-state index in [9.17, 15) is 14.7 Å². The zero-order valence-corrected chi connectivity index (χ0v) is 20.5. The van der Waals surface area contributed by atoms with Crippen molar-refractivity contribution in [3.63, 3.8) is 0 Å². The minimum Gasteiger partial charge on any atom is -0.486 e. The zero-order valence-electron chi connectivity index (χ0n) is 20.5. The molecule has 2 fully saturated rings. The summed E-state index contributed by atoms with van der Waals surface area (Å²) in [5, 5.41) is 11.7. The van der Waals surface area contributed by atoms with Crippen LogP contribution < -0.4 is 10.4 Å². The molecule has 1 aliphatic heterocycles. The smallest absolute Gasteiger partial charge is 0.345 e. The number of pyridine rings is 1. The lowest BCUT2D eigenvalue weighted by atomic mass is 9.42. The highest BCUT2D eigenvalue weighted by Gasteiger charge is 2.66. The first kappa shape index (κ1) is 23.1. The van der Waals surface area contributed by atoms with E-state index in [0.29, 0.717) is 29.9 Å². The highest BCUT2D eigenvalue weighted by atomic mass is 16.5. The fourth-order valence-corrected chi connectivity index (χ4v) is 7.73. The molecular weight excluding hydrogens is 434 g/mol. The van der Waals surface area contributed by atoms with E-state index >= 15 is 0 Å². The Labute approximate surface area is 199 Å². The van der Waals surface area contributed by atoms with Crippen molar-refractivity contribution in [2.75, 3.05) is 7.11 Å². The third kappa shape index (κ3) is 3.16. The van der Waals surface area contributed by atoms with Crippen LogP contribution in [0.4, 0.5) is 0 Å². The van der Waals surface area contributed by atoms with Gasteiger partial charge in [-0.05, 0) is 61.5 Å². The molecule has 3 aliphatic rings. The molecule has 3 heterocycles. The molecule has 2 aromatic heterocycles. The summed E-state index contributed by atoms with van der Waals surface area (Å²) in [6.07, 6.45) is 5.26. The summed E-state index contributed by atoms with van der Waals surface area (Å²) in [7, 11) is 1.44. The predicted molar refractivity (Wildman–Crippen MR) is 125 cm³/mol. The summed E-state index contributed by atoms with van der Waals surface area (Å²) in [6.45, 7) is 8.51. The number of hydrogen-bond donors (Lipinski definition) is 1. The topological polar surface area (TPSA) is 98.9 Å². The average molecular weight is 468 g/mol. The van der Waals surface area contributed by atoms with Crippen molar-refractivity contribution in [1.82, 2.24) is 4.98 Å². The molecule has 0 unspecified atom stereocenters. The van der Waals surface area contributed by atoms with Crippen LogP contribution in [-0.4, -0.2) is 28.8 Å². The Bertz CT molecular complexity index is 1170. The number of methoxy groups -OCH3 is 1. The molecule has 7 nitrogen and oxygen atoms in total. The van der Waals surface area contributed by atoms with Gasteiger partial charge >= 0.3 is 11.6 Å². The number of rotatable bonds is 2. The Balaban J connectivity index is 1.58. The monoisotopic (exact) mass is 467 g/mol. The second kappa shape index (κ2) is 7.67. The molecule has 0 aromatic carbocycles. The largest absolute Gasteiger partial charge is 0.486 e. The fourth-order valence-electron chi connectivity index (χ4n) is 7.73. The van der Waals surface area contributed by atoms with E-state index in [2.05, 4.69) is 25.8 Å². The molecule has 182 valence electrons. The van der Waals surface area contributed by atoms with Crippen molar-refractivity contribution in [1.29, 1.82) is 0 Å². The maximum Gasteiger partial charge on any atom is 0.345 e. The van der Waals surface area contributed by atoms with E-state index in [1.807, 2.05) is 13.0 Å². The number of aliphatic hydroxyl groups excluding tert-OH is 1. The second-order valence-corrected chi connectivity index (χ2v) is 11.3. The van der Waals surface area contributed by atoms with Crippen molar-refractivity contribution in [3.8, 4) is 17.1 Å². The zero-order chi connectivity index (χ0) is 24.5. The summed E-state index contributed by atoms with van der Waals surface area (Å²) in [5.74, 6) is 0.237. The Morgan fingerprint density at radius 1 is 1.21 bits per heavy atom. The Morgan fingerprint density at radius 2 is 1.97 bits per heavy atom. The van der Waals surface area contributed by atoms with Crippen molar-refractivity contribution >= 4 is 5.97 Å². The number of esters is 1. The number of aliphatic hydroxyl groups is 1. The van der Waals surface area contributed by atoms with E-state index in [-0.39, 0.29) is 40.1 Å². The molecule has 2 aliphatic carbocycles. The van der Waals surface area contributed by atoms with Crippen LogP contribution in [0.2, 0.25) is 0 Å². The maximum atomic E-state index is 13.1. The van der Waals surface area contributed by atoms with Gasteiger partial charge in [-0.3, -0.25) is 9.78 Å². The van der Waals surface area contributed by atoms with Gasteiger partial charge < -0.3 is 19.0 Å². The number of ether oxygens (including phenoxy) is 2. The standard InChI is InChI=1S/C27H33NO6/c1-25(2)16(23(30)32-5)8-10-26(3)19(25)9-11-27(4)22(26)21(29)20-18(34-27)13-17(33-24(20)31)15-7-6-12-28-14-15/h6-7,12-14,16,19,21-22,29H,8-11H2,1-5H3/t16-,19+,21+,22-,26+,27-/m1/s1. The number of carbonyl (C=O) groups is 1. The minimum absolute atomic E-state index is 0.164. The number of fused-ring (bicyclic) bond motifs is 4. The SMILES string of the molecule is COC(=O)[C@H]1CC[C@]2(C)[C@H]3[C@@H](O)c4c(cc(-c5cccnc5)oc4=O)O[C@]3(C)CC[C@H]2C1(C)C. The molecule has 2 aromatic rings. The fraction of sp³-hybridized carbons (Fsp3) is 0.593. The van der Waals surface area contributed by atoms with Crippen molar-refractivity contribution in [2.24, 2.45) is 28.6 Å². The van der Waals surface area contributed by atoms with Crippen LogP contribution in [0, 0.1) is 28.6 Å². The number of hydrogen-bond acceptors (Lipinski definition) is 7. The molecule has 0 radical (unpaired) electrons. The van der Waals surface area contributed by atoms with Gasteiger partial charge in [0.15, 0.2) is 0 Å². The predicted octanol–water partition coefficient (Wildman–Crippen LogP) is 4.53. The Kier molecular flexibility index (Phi) is 5.21. The lowest BCUT2D eigenvalue weighted by Crippen LogP contribution is -2.64. The van der Waals surface area contributed by atoms with Crippen molar-refractivity contribution < 1.29 is 23.8 Å². The molecule has 5 rings (SSSR count). The van der Waals surface area contributed by atoms with Crippen molar-refractivity contribution in [2.45, 2.75) is 65.1 Å². The van der Waals surface area contributed by atoms with E-state index in [4.69, 9.17) is 13.9 Å². The van der Waals surface area contributed by atoms with Gasteiger partial charge in [0, 0.05) is 29.9 Å². The van der Waals surface area contributed by atoms with Gasteiger partial charge in [0.05, 0.1) is 19.1 Å². The van der Waals surface area contributed by atoms with Gasteiger partial charge in [0.1, 0.15) is 22.7 Å². The first-order chi connectivity index (χ1) is 16.0. The van der Waals surface area contributed by atoms with Gasteiger partial charge in [0.25, 0.3) is 0 Å². The highest BCUT2D eigenvalue weighted by molar-refractivity contribution is 5.73. The highest BCUT2D eigenvalue weighted by Crippen LogP contribution is 2.67. The van der Waals surface area contributed by atoms with E-state index in [1.165, 1.54) is 7.11 Å². The molecule has 6 atom stereocenters. The van der Waals surface area contributed by atoms with Gasteiger partial charge in [-0.2, -0.15) is 0 Å². The minimum atomic E-state index is -1.02. The van der Waals surface area contributed by atoms with Crippen LogP contribution in [0.15, 0.2) is 39.8 Å². The second-order valence-electron chi connectivity index (χ2n) is 11.3. The quantitative estimate of drug-likeness (QED) is 0.648. The summed E-state index contributed by atoms with van der Waals surface area (Å²) in [5.41, 5.74) is -1.01. The summed E-state index contributed by atoms with van der Waals surface area (Å²) >= 11 is 0. The number of aromatic nitrogens is 1. The van der Waals surface area contributed by atoms with Gasteiger partial charge in [-0.25, -0.2) is 4.79 Å². The molecule has 0 saturated heterocycles. The van der Waals surface area contributed by atoms with Crippen LogP contribution in [-0.2, 0) is 9.53 Å². The maximum absolute atomic E-state index is 13.1. The molecule has 0 amide bonds. The summed E-state index contributed by atoms with van der Waals surface area (Å²) in [4.78, 5) is 29.8. The summed E-state index contributed by atoms with van der Waals surface area (Å²) in [6, 6.07) is 5.29. The van der Waals surface area contributed by atoms with Gasteiger partial charge in [-0.1, -0.05) is 20.8 Å². The van der Waals surface area contributed by atoms with Crippen LogP contribution in [0.1, 0.15) is 65.0 Å². The van der Waals surface area contributed by atoms with Gasteiger partial charge in [-0.15, -0.1) is 0 Å². The first-order valence-corrected chi connectivity index (χ1v) is 12.1. The van der Waals surface area contributed by atoms with Crippen LogP contribution in [0.25, 0.3) is 11.3 Å². The van der Waals surface area contributed by atoms with E-state index in [0.717, 1.165) is 12.8 Å². The molecular formula is C27H33NO6. The van der Waals surface area contributed by atoms with E-state index in [1.54, 1.807) is 24.5 Å². The number of nitrogens with zero attached hydrogens (tertiary/aromatic N) is 1. The molecule has 34 heavy (non-hydrogen) atoms. The third-order valence-corrected chi connectivity index (χ3v) is 9.20. The molecule has 7 heteroatoms. The molecule has 0 bridgehead atoms. The van der Waals surface area contributed by atoms with Crippen LogP contribution >= 0.6 is 0 Å². The first-order valence-electron chi connectivity index (χ1n) is 12.1. The Morgan fingerprint density at radius 3 is 2.65 bits per heavy atom. The summed E-state index contributed by atoms with van der Waals surface area (Å²) < 4.78 is 17.3. The Hall–Kier alpha value is -2.67. The number of carbonyl (C=O) groups excluding carboxylic acids is 1. The molecule has 1 N–H and O–H groups in total. The molecule has 2 saturated carbocycles. The van der Waals surface area contributed by atoms with Crippen LogP contribution in [0.3, 0.4) is 0 Å². The normalized spacial score (nSPS) is 35.8. The van der Waals surface area contributed by atoms with Crippen LogP contribution in [0.5, 0.6) is 5.75 Å². The molecule has 0 spiro atoms. The van der Waals surface area contributed by atoms with E-state index < -0.39 is 17.3 Å². The third-order valence-electron chi connectivity index (χ3n) is 9.20. The lowest BCUT2D eigenvalue weighted by molar-refractivity contribution is -0.216. The van der Waals surface area contributed by atoms with Crippen molar-refractivity contribution in [3.05, 3.63) is 46.6 Å². The lowest BCUT2D eigenvalue weighted by Gasteiger charge is -2.65. The average Bonchev–Trinajstić information content (AvgIpc) is 2.77.